The summed E-state index contributed by atoms with van der Waals surface area (Å²) in [5.41, 5.74) is 1.36. The molecule has 3 rings (SSSR count). The van der Waals surface area contributed by atoms with E-state index < -0.39 is 0 Å². The summed E-state index contributed by atoms with van der Waals surface area (Å²) in [4.78, 5) is 4.07. The van der Waals surface area contributed by atoms with Crippen molar-refractivity contribution in [3.05, 3.63) is 30.1 Å². The lowest BCUT2D eigenvalue weighted by molar-refractivity contribution is 0.377. The van der Waals surface area contributed by atoms with Gasteiger partial charge in [-0.3, -0.25) is 4.98 Å². The molecule has 1 unspecified atom stereocenters. The highest BCUT2D eigenvalue weighted by Crippen LogP contribution is 2.45. The molecule has 16 heavy (non-hydrogen) atoms. The molecular weight excluding hydrogens is 196 g/mol. The van der Waals surface area contributed by atoms with Crippen LogP contribution >= 0.6 is 0 Å². The van der Waals surface area contributed by atoms with Gasteiger partial charge in [-0.05, 0) is 62.1 Å². The van der Waals surface area contributed by atoms with Gasteiger partial charge >= 0.3 is 0 Å². The zero-order valence-electron chi connectivity index (χ0n) is 9.89. The maximum absolute atomic E-state index is 4.07. The second-order valence-corrected chi connectivity index (χ2v) is 5.37. The van der Waals surface area contributed by atoms with Crippen molar-refractivity contribution in [2.75, 3.05) is 0 Å². The Kier molecular flexibility index (Phi) is 2.68. The Morgan fingerprint density at radius 1 is 1.12 bits per heavy atom. The Bertz CT molecular complexity index is 329. The van der Waals surface area contributed by atoms with Gasteiger partial charge in [0.15, 0.2) is 0 Å². The molecule has 2 aliphatic rings. The lowest BCUT2D eigenvalue weighted by Crippen LogP contribution is -2.35. The Hall–Kier alpha value is -0.890. The van der Waals surface area contributed by atoms with E-state index in [9.17, 15) is 0 Å². The predicted octanol–water partition coefficient (Wildman–Crippen LogP) is 2.92. The highest BCUT2D eigenvalue weighted by Gasteiger charge is 2.41. The summed E-state index contributed by atoms with van der Waals surface area (Å²) < 4.78 is 0. The van der Waals surface area contributed by atoms with Crippen molar-refractivity contribution in [3.8, 4) is 0 Å². The smallest absolute Gasteiger partial charge is 0.0295 e. The predicted molar refractivity (Wildman–Crippen MR) is 65.0 cm³/mol. The summed E-state index contributed by atoms with van der Waals surface area (Å²) in [5, 5.41) is 3.83. The molecule has 0 spiro atoms. The number of rotatable bonds is 5. The molecule has 1 aromatic heterocycles. The Balaban J connectivity index is 1.64. The molecule has 1 heterocycles. The zero-order valence-corrected chi connectivity index (χ0v) is 9.89. The van der Waals surface area contributed by atoms with E-state index in [-0.39, 0.29) is 0 Å². The first kappa shape index (κ1) is 10.3. The molecule has 1 atom stereocenters. The quantitative estimate of drug-likeness (QED) is 0.818. The number of aromatic nitrogens is 1. The van der Waals surface area contributed by atoms with Gasteiger partial charge in [0.25, 0.3) is 0 Å². The molecule has 2 aliphatic carbocycles. The van der Waals surface area contributed by atoms with E-state index in [0.717, 1.165) is 17.9 Å². The monoisotopic (exact) mass is 216 g/mol. The first-order chi connectivity index (χ1) is 7.84. The topological polar surface area (TPSA) is 24.9 Å². The van der Waals surface area contributed by atoms with Gasteiger partial charge in [-0.2, -0.15) is 0 Å². The van der Waals surface area contributed by atoms with Gasteiger partial charge in [-0.1, -0.05) is 0 Å². The van der Waals surface area contributed by atoms with Gasteiger partial charge in [0.2, 0.25) is 0 Å². The molecule has 2 saturated carbocycles. The minimum atomic E-state index is 0.467. The molecule has 1 N–H and O–H groups in total. The standard InChI is InChI=1S/C14H20N2/c1-10(11-6-8-15-9-7-11)16-14(12-2-3-12)13-4-5-13/h6-10,12-14,16H,2-5H2,1H3. The van der Waals surface area contributed by atoms with Crippen molar-refractivity contribution < 1.29 is 0 Å². The van der Waals surface area contributed by atoms with Crippen LogP contribution in [0.15, 0.2) is 24.5 Å². The van der Waals surface area contributed by atoms with Crippen LogP contribution in [0.3, 0.4) is 0 Å². The van der Waals surface area contributed by atoms with E-state index in [1.807, 2.05) is 12.4 Å². The number of nitrogens with one attached hydrogen (secondary N) is 1. The SMILES string of the molecule is CC(NC(C1CC1)C1CC1)c1ccncc1. The van der Waals surface area contributed by atoms with Gasteiger partial charge in [0, 0.05) is 24.5 Å². The lowest BCUT2D eigenvalue weighted by atomic mass is 10.0. The van der Waals surface area contributed by atoms with Crippen LogP contribution in [0, 0.1) is 11.8 Å². The molecule has 0 aromatic carbocycles. The van der Waals surface area contributed by atoms with Crippen molar-refractivity contribution in [1.29, 1.82) is 0 Å². The molecule has 1 aromatic rings. The second-order valence-electron chi connectivity index (χ2n) is 5.37. The summed E-state index contributed by atoms with van der Waals surface area (Å²) in [5.74, 6) is 1.94. The first-order valence-corrected chi connectivity index (χ1v) is 6.50. The van der Waals surface area contributed by atoms with Crippen LogP contribution in [0.5, 0.6) is 0 Å². The molecule has 0 amide bonds. The van der Waals surface area contributed by atoms with Gasteiger partial charge < -0.3 is 5.32 Å². The average Bonchev–Trinajstić information content (AvgIpc) is 3.19. The van der Waals surface area contributed by atoms with Crippen LogP contribution in [-0.4, -0.2) is 11.0 Å². The van der Waals surface area contributed by atoms with E-state index in [2.05, 4.69) is 29.4 Å². The number of pyridine rings is 1. The lowest BCUT2D eigenvalue weighted by Gasteiger charge is -2.23. The summed E-state index contributed by atoms with van der Waals surface area (Å²) in [7, 11) is 0. The largest absolute Gasteiger partial charge is 0.307 e. The normalized spacial score (nSPS) is 22.4. The molecule has 0 bridgehead atoms. The van der Waals surface area contributed by atoms with E-state index in [1.165, 1.54) is 31.2 Å². The molecule has 0 saturated heterocycles. The molecule has 0 aliphatic heterocycles. The van der Waals surface area contributed by atoms with Crippen molar-refractivity contribution in [1.82, 2.24) is 10.3 Å². The van der Waals surface area contributed by atoms with Crippen molar-refractivity contribution in [2.24, 2.45) is 11.8 Å². The molecule has 0 radical (unpaired) electrons. The maximum atomic E-state index is 4.07. The second kappa shape index (κ2) is 4.17. The van der Waals surface area contributed by atoms with Crippen molar-refractivity contribution >= 4 is 0 Å². The van der Waals surface area contributed by atoms with Crippen molar-refractivity contribution in [2.45, 2.75) is 44.7 Å². The third kappa shape index (κ3) is 2.27. The van der Waals surface area contributed by atoms with E-state index in [1.54, 1.807) is 0 Å². The highest BCUT2D eigenvalue weighted by atomic mass is 15.0. The van der Waals surface area contributed by atoms with E-state index in [4.69, 9.17) is 0 Å². The summed E-state index contributed by atoms with van der Waals surface area (Å²) in [6, 6.07) is 5.49. The van der Waals surface area contributed by atoms with Gasteiger partial charge in [-0.25, -0.2) is 0 Å². The zero-order chi connectivity index (χ0) is 11.0. The average molecular weight is 216 g/mol. The molecule has 2 heteroatoms. The van der Waals surface area contributed by atoms with E-state index >= 15 is 0 Å². The molecule has 86 valence electrons. The Morgan fingerprint density at radius 3 is 2.19 bits per heavy atom. The van der Waals surface area contributed by atoms with Gasteiger partial charge in [-0.15, -0.1) is 0 Å². The Morgan fingerprint density at radius 2 is 1.69 bits per heavy atom. The van der Waals surface area contributed by atoms with Gasteiger partial charge in [0.05, 0.1) is 0 Å². The van der Waals surface area contributed by atoms with Crippen LogP contribution in [-0.2, 0) is 0 Å². The minimum absolute atomic E-state index is 0.467. The number of hydrogen-bond donors (Lipinski definition) is 1. The molecule has 2 nitrogen and oxygen atoms in total. The van der Waals surface area contributed by atoms with Crippen LogP contribution in [0.1, 0.15) is 44.2 Å². The van der Waals surface area contributed by atoms with Crippen LogP contribution in [0.4, 0.5) is 0 Å². The van der Waals surface area contributed by atoms with Gasteiger partial charge in [0.1, 0.15) is 0 Å². The molecular formula is C14H20N2. The summed E-state index contributed by atoms with van der Waals surface area (Å²) >= 11 is 0. The summed E-state index contributed by atoms with van der Waals surface area (Å²) in [6.07, 6.45) is 9.54. The van der Waals surface area contributed by atoms with Crippen LogP contribution in [0.25, 0.3) is 0 Å². The fourth-order valence-electron chi connectivity index (χ4n) is 2.60. The molecule has 2 fully saturated rings. The Labute approximate surface area is 97.5 Å². The highest BCUT2D eigenvalue weighted by molar-refractivity contribution is 5.15. The number of hydrogen-bond acceptors (Lipinski definition) is 2. The summed E-state index contributed by atoms with van der Waals surface area (Å²) in [6.45, 7) is 2.27. The fraction of sp³-hybridized carbons (Fsp3) is 0.643. The maximum Gasteiger partial charge on any atom is 0.0295 e. The number of nitrogens with zero attached hydrogens (tertiary/aromatic N) is 1. The van der Waals surface area contributed by atoms with Crippen molar-refractivity contribution in [3.63, 3.8) is 0 Å². The minimum Gasteiger partial charge on any atom is -0.307 e. The third-order valence-corrected chi connectivity index (χ3v) is 3.91. The third-order valence-electron chi connectivity index (χ3n) is 3.91. The van der Waals surface area contributed by atoms with E-state index in [0.29, 0.717) is 6.04 Å². The fourth-order valence-corrected chi connectivity index (χ4v) is 2.60. The van der Waals surface area contributed by atoms with Crippen LogP contribution < -0.4 is 5.32 Å². The van der Waals surface area contributed by atoms with Crippen LogP contribution in [0.2, 0.25) is 0 Å². The first-order valence-electron chi connectivity index (χ1n) is 6.50.